The topological polar surface area (TPSA) is 0 Å². The van der Waals surface area contributed by atoms with Crippen molar-refractivity contribution in [3.8, 4) is 0 Å². The van der Waals surface area contributed by atoms with Gasteiger partial charge in [0.05, 0.1) is 14.1 Å². The molecule has 0 aromatic heterocycles. The molecule has 0 amide bonds. The molecular formula is C15H21NSb+. The molecule has 2 rings (SSSR count). The van der Waals surface area contributed by atoms with Crippen LogP contribution in [0.3, 0.4) is 0 Å². The van der Waals surface area contributed by atoms with E-state index in [0.717, 1.165) is 11.0 Å². The van der Waals surface area contributed by atoms with Crippen molar-refractivity contribution >= 4 is 30.1 Å². The molecule has 1 nitrogen and oxygen atoms in total. The summed E-state index contributed by atoms with van der Waals surface area (Å²) in [6.07, 6.45) is 0. The fourth-order valence-corrected chi connectivity index (χ4v) is 1.96. The second-order valence-electron chi connectivity index (χ2n) is 4.66. The van der Waals surface area contributed by atoms with Crippen LogP contribution in [0.15, 0.2) is 60.7 Å². The van der Waals surface area contributed by atoms with E-state index < -0.39 is 0 Å². The first-order chi connectivity index (χ1) is 7.68. The van der Waals surface area contributed by atoms with Crippen LogP contribution in [0.25, 0.3) is 0 Å². The molecule has 0 aliphatic carbocycles. The molecule has 2 aromatic rings. The van der Waals surface area contributed by atoms with Gasteiger partial charge in [0.2, 0.25) is 0 Å². The molecule has 2 aromatic carbocycles. The van der Waals surface area contributed by atoms with Gasteiger partial charge in [0.1, 0.15) is 12.2 Å². The standard InChI is InChI=1S/C15H18N.Sb.3H/c1-16(2,15-11-7-4-8-12-15)13-14-9-5-3-6-10-14;;;;/h3-12H,13H2,1-2H3;;;;/q+1;;;;. The van der Waals surface area contributed by atoms with Crippen molar-refractivity contribution in [2.24, 2.45) is 0 Å². The Morgan fingerprint density at radius 2 is 1.24 bits per heavy atom. The summed E-state index contributed by atoms with van der Waals surface area (Å²) in [5.74, 6) is 0. The second kappa shape index (κ2) is 6.23. The Balaban J connectivity index is 0.00000144. The van der Waals surface area contributed by atoms with Gasteiger partial charge in [-0.1, -0.05) is 48.5 Å². The maximum atomic E-state index is 2.24. The molecule has 2 heteroatoms. The molecule has 0 radical (unpaired) electrons. The van der Waals surface area contributed by atoms with Gasteiger partial charge in [-0.15, -0.1) is 0 Å². The zero-order valence-electron chi connectivity index (χ0n) is 10.6. The molecule has 0 aliphatic rings. The van der Waals surface area contributed by atoms with Crippen LogP contribution in [0.4, 0.5) is 5.69 Å². The summed E-state index contributed by atoms with van der Waals surface area (Å²) < 4.78 is 0.880. The third-order valence-corrected chi connectivity index (χ3v) is 2.88. The Labute approximate surface area is 121 Å². The molecule has 0 saturated carbocycles. The third-order valence-electron chi connectivity index (χ3n) is 2.88. The van der Waals surface area contributed by atoms with Crippen molar-refractivity contribution in [2.75, 3.05) is 14.1 Å². The van der Waals surface area contributed by atoms with E-state index in [1.165, 1.54) is 11.3 Å². The Morgan fingerprint density at radius 1 is 0.765 bits per heavy atom. The summed E-state index contributed by atoms with van der Waals surface area (Å²) in [5.41, 5.74) is 2.71. The van der Waals surface area contributed by atoms with Crippen molar-refractivity contribution in [2.45, 2.75) is 6.54 Å². The van der Waals surface area contributed by atoms with Gasteiger partial charge >= 0.3 is 24.4 Å². The summed E-state index contributed by atoms with van der Waals surface area (Å²) in [6, 6.07) is 21.2. The van der Waals surface area contributed by atoms with E-state index in [-0.39, 0.29) is 24.4 Å². The average molecular weight is 337 g/mol. The predicted molar refractivity (Wildman–Crippen MR) is 80.2 cm³/mol. The number of hydrogen-bond acceptors (Lipinski definition) is 0. The number of rotatable bonds is 3. The fraction of sp³-hybridized carbons (Fsp3) is 0.200. The molecule has 0 unspecified atom stereocenters. The van der Waals surface area contributed by atoms with Crippen molar-refractivity contribution in [1.29, 1.82) is 0 Å². The summed E-state index contributed by atoms with van der Waals surface area (Å²) >= 11 is 0. The van der Waals surface area contributed by atoms with Gasteiger partial charge in [-0.2, -0.15) is 0 Å². The molecule has 90 valence electrons. The number of hydrogen-bond donors (Lipinski definition) is 0. The van der Waals surface area contributed by atoms with Crippen LogP contribution in [0.5, 0.6) is 0 Å². The Morgan fingerprint density at radius 3 is 1.76 bits per heavy atom. The number of para-hydroxylation sites is 1. The van der Waals surface area contributed by atoms with Crippen LogP contribution in [0.1, 0.15) is 5.56 Å². The zero-order valence-corrected chi connectivity index (χ0v) is 14.7. The van der Waals surface area contributed by atoms with Crippen LogP contribution >= 0.6 is 0 Å². The van der Waals surface area contributed by atoms with E-state index >= 15 is 0 Å². The molecule has 0 N–H and O–H groups in total. The van der Waals surface area contributed by atoms with Crippen molar-refractivity contribution in [3.05, 3.63) is 66.2 Å². The van der Waals surface area contributed by atoms with E-state index in [4.69, 9.17) is 0 Å². The van der Waals surface area contributed by atoms with Crippen molar-refractivity contribution in [3.63, 3.8) is 0 Å². The minimum absolute atomic E-state index is 0. The normalized spacial score (nSPS) is 10.7. The third kappa shape index (κ3) is 3.87. The van der Waals surface area contributed by atoms with Gasteiger partial charge < -0.3 is 0 Å². The zero-order chi connectivity index (χ0) is 11.4. The van der Waals surface area contributed by atoms with Gasteiger partial charge in [-0.25, -0.2) is 0 Å². The first-order valence-electron chi connectivity index (χ1n) is 5.61. The van der Waals surface area contributed by atoms with Crippen LogP contribution in [-0.2, 0) is 6.54 Å². The van der Waals surface area contributed by atoms with Crippen LogP contribution in [0, 0.1) is 0 Å². The number of nitrogens with zero attached hydrogens (tertiary/aromatic N) is 1. The predicted octanol–water partition coefficient (Wildman–Crippen LogP) is 2.27. The first kappa shape index (κ1) is 14.3. The molecule has 0 fully saturated rings. The average Bonchev–Trinajstić information content (AvgIpc) is 2.31. The summed E-state index contributed by atoms with van der Waals surface area (Å²) in [7, 11) is 4.48. The maximum absolute atomic E-state index is 2.24. The molecule has 0 atom stereocenters. The summed E-state index contributed by atoms with van der Waals surface area (Å²) in [5, 5.41) is 0. The minimum atomic E-state index is 0. The van der Waals surface area contributed by atoms with Crippen LogP contribution < -0.4 is 4.48 Å². The Kier molecular flexibility index (Phi) is 5.23. The van der Waals surface area contributed by atoms with E-state index in [0.29, 0.717) is 0 Å². The molecule has 0 spiro atoms. The molecule has 0 heterocycles. The number of quaternary nitrogens is 1. The molecule has 17 heavy (non-hydrogen) atoms. The first-order valence-corrected chi connectivity index (χ1v) is 5.61. The van der Waals surface area contributed by atoms with E-state index in [9.17, 15) is 0 Å². The van der Waals surface area contributed by atoms with Crippen LogP contribution in [0.2, 0.25) is 0 Å². The van der Waals surface area contributed by atoms with Crippen molar-refractivity contribution in [1.82, 2.24) is 4.48 Å². The van der Waals surface area contributed by atoms with Gasteiger partial charge in [-0.05, 0) is 12.1 Å². The SMILES string of the molecule is C[N+](C)(Cc1ccccc1)c1ccccc1.[SbH3]. The van der Waals surface area contributed by atoms with Gasteiger partial charge in [-0.3, -0.25) is 4.48 Å². The monoisotopic (exact) mass is 336 g/mol. The fourth-order valence-electron chi connectivity index (χ4n) is 1.96. The number of benzene rings is 2. The quantitative estimate of drug-likeness (QED) is 0.596. The van der Waals surface area contributed by atoms with E-state index in [1.807, 2.05) is 0 Å². The van der Waals surface area contributed by atoms with Gasteiger partial charge in [0, 0.05) is 5.56 Å². The second-order valence-corrected chi connectivity index (χ2v) is 4.66. The summed E-state index contributed by atoms with van der Waals surface area (Å²) in [4.78, 5) is 0. The Hall–Kier alpha value is -0.782. The van der Waals surface area contributed by atoms with Crippen molar-refractivity contribution < 1.29 is 0 Å². The van der Waals surface area contributed by atoms with Gasteiger partial charge in [0.15, 0.2) is 0 Å². The van der Waals surface area contributed by atoms with Gasteiger partial charge in [0.25, 0.3) is 0 Å². The Bertz CT molecular complexity index is 437. The van der Waals surface area contributed by atoms with E-state index in [2.05, 4.69) is 74.8 Å². The summed E-state index contributed by atoms with van der Waals surface area (Å²) in [6.45, 7) is 1.02. The van der Waals surface area contributed by atoms with Crippen LogP contribution in [-0.4, -0.2) is 38.5 Å². The molecule has 0 saturated heterocycles. The molecule has 0 aliphatic heterocycles. The van der Waals surface area contributed by atoms with E-state index in [1.54, 1.807) is 0 Å². The molecule has 0 bridgehead atoms. The molecular weight excluding hydrogens is 316 g/mol.